The molecule has 2 aliphatic rings. The van der Waals surface area contributed by atoms with E-state index in [2.05, 4.69) is 28.2 Å². The van der Waals surface area contributed by atoms with Gasteiger partial charge in [0, 0.05) is 24.0 Å². The first-order valence-electron chi connectivity index (χ1n) is 6.57. The first-order chi connectivity index (χ1) is 8.10. The Hall–Kier alpha value is -0.0900. The van der Waals surface area contributed by atoms with Crippen molar-refractivity contribution < 1.29 is 9.53 Å². The Morgan fingerprint density at radius 3 is 2.35 bits per heavy atom. The van der Waals surface area contributed by atoms with Crippen LogP contribution in [0, 0.1) is 5.41 Å². The molecule has 0 aromatic carbocycles. The summed E-state index contributed by atoms with van der Waals surface area (Å²) in [4.78, 5) is 12.4. The summed E-state index contributed by atoms with van der Waals surface area (Å²) in [5.74, 6) is 0.247. The van der Waals surface area contributed by atoms with E-state index in [0.29, 0.717) is 0 Å². The lowest BCUT2D eigenvalue weighted by atomic mass is 9.84. The van der Waals surface area contributed by atoms with Gasteiger partial charge in [-0.2, -0.15) is 0 Å². The number of alkyl halides is 1. The van der Waals surface area contributed by atoms with Crippen molar-refractivity contribution in [2.45, 2.75) is 51.0 Å². The molecule has 1 amide bonds. The summed E-state index contributed by atoms with van der Waals surface area (Å²) in [5.41, 5.74) is -0.214. The summed E-state index contributed by atoms with van der Waals surface area (Å²) in [6.45, 7) is 3.61. The molecule has 1 aliphatic carbocycles. The number of hydrogen-bond donors (Lipinski definition) is 1. The van der Waals surface area contributed by atoms with Gasteiger partial charge in [-0.3, -0.25) is 4.79 Å². The fourth-order valence-corrected chi connectivity index (χ4v) is 3.53. The average molecular weight is 304 g/mol. The number of ether oxygens (including phenoxy) is 1. The lowest BCUT2D eigenvalue weighted by molar-refractivity contribution is -0.132. The number of amides is 1. The van der Waals surface area contributed by atoms with Gasteiger partial charge in [0.1, 0.15) is 0 Å². The predicted octanol–water partition coefficient (Wildman–Crippen LogP) is 2.63. The van der Waals surface area contributed by atoms with Crippen molar-refractivity contribution in [2.75, 3.05) is 18.5 Å². The van der Waals surface area contributed by atoms with Crippen LogP contribution in [0.15, 0.2) is 0 Å². The second-order valence-electron chi connectivity index (χ2n) is 5.75. The van der Waals surface area contributed by atoms with Gasteiger partial charge in [0.05, 0.1) is 5.54 Å². The lowest BCUT2D eigenvalue weighted by Gasteiger charge is -2.39. The van der Waals surface area contributed by atoms with E-state index in [1.165, 1.54) is 12.8 Å². The van der Waals surface area contributed by atoms with E-state index >= 15 is 0 Å². The Labute approximate surface area is 112 Å². The van der Waals surface area contributed by atoms with Crippen LogP contribution < -0.4 is 5.32 Å². The fraction of sp³-hybridized carbons (Fsp3) is 0.923. The maximum atomic E-state index is 12.4. The van der Waals surface area contributed by atoms with Crippen LogP contribution >= 0.6 is 15.9 Å². The summed E-state index contributed by atoms with van der Waals surface area (Å²) in [6, 6.07) is 0. The summed E-state index contributed by atoms with van der Waals surface area (Å²) in [6.07, 6.45) is 6.28. The summed E-state index contributed by atoms with van der Waals surface area (Å²) in [5, 5.41) is 4.12. The van der Waals surface area contributed by atoms with Crippen LogP contribution in [0.25, 0.3) is 0 Å². The molecule has 1 saturated heterocycles. The molecule has 3 nitrogen and oxygen atoms in total. The van der Waals surface area contributed by atoms with E-state index in [1.54, 1.807) is 0 Å². The van der Waals surface area contributed by atoms with Crippen molar-refractivity contribution in [1.29, 1.82) is 0 Å². The normalized spacial score (nSPS) is 26.7. The highest BCUT2D eigenvalue weighted by atomic mass is 79.9. The van der Waals surface area contributed by atoms with Gasteiger partial charge in [0.2, 0.25) is 5.91 Å². The van der Waals surface area contributed by atoms with Gasteiger partial charge in [0.15, 0.2) is 0 Å². The lowest BCUT2D eigenvalue weighted by Crippen LogP contribution is -2.56. The molecule has 0 aromatic heterocycles. The molecule has 4 heteroatoms. The topological polar surface area (TPSA) is 38.3 Å². The third-order valence-electron chi connectivity index (χ3n) is 4.34. The van der Waals surface area contributed by atoms with E-state index in [0.717, 1.165) is 44.2 Å². The van der Waals surface area contributed by atoms with Crippen molar-refractivity contribution in [3.63, 3.8) is 0 Å². The minimum atomic E-state index is -0.131. The van der Waals surface area contributed by atoms with Crippen LogP contribution in [0.2, 0.25) is 0 Å². The monoisotopic (exact) mass is 303 g/mol. The first kappa shape index (κ1) is 13.3. The van der Waals surface area contributed by atoms with Crippen LogP contribution in [-0.4, -0.2) is 30.0 Å². The predicted molar refractivity (Wildman–Crippen MR) is 71.3 cm³/mol. The third kappa shape index (κ3) is 2.84. The molecule has 0 bridgehead atoms. The quantitative estimate of drug-likeness (QED) is 0.814. The number of halogens is 1. The van der Waals surface area contributed by atoms with Crippen LogP contribution in [0.4, 0.5) is 0 Å². The molecule has 1 heterocycles. The zero-order valence-corrected chi connectivity index (χ0v) is 12.1. The third-order valence-corrected chi connectivity index (χ3v) is 5.41. The number of nitrogens with one attached hydrogen (secondary N) is 1. The second-order valence-corrected chi connectivity index (χ2v) is 6.31. The standard InChI is InChI=1S/C13H22BrNO2/c1-12(4-2-3-5-12)11(16)15-13(10-14)6-8-17-9-7-13/h2-10H2,1H3,(H,15,16). The Kier molecular flexibility index (Phi) is 4.14. The maximum Gasteiger partial charge on any atom is 0.226 e. The minimum absolute atomic E-state index is 0.0824. The van der Waals surface area contributed by atoms with Gasteiger partial charge < -0.3 is 10.1 Å². The molecule has 17 heavy (non-hydrogen) atoms. The molecule has 0 radical (unpaired) electrons. The first-order valence-corrected chi connectivity index (χ1v) is 7.69. The van der Waals surface area contributed by atoms with Crippen molar-refractivity contribution in [3.8, 4) is 0 Å². The molecule has 2 rings (SSSR count). The van der Waals surface area contributed by atoms with E-state index in [9.17, 15) is 4.79 Å². The molecule has 1 N–H and O–H groups in total. The van der Waals surface area contributed by atoms with E-state index < -0.39 is 0 Å². The molecule has 98 valence electrons. The molecule has 0 aromatic rings. The van der Waals surface area contributed by atoms with Crippen molar-refractivity contribution >= 4 is 21.8 Å². The molecule has 1 saturated carbocycles. The van der Waals surface area contributed by atoms with Gasteiger partial charge in [-0.15, -0.1) is 0 Å². The Morgan fingerprint density at radius 1 is 1.24 bits per heavy atom. The van der Waals surface area contributed by atoms with Crippen molar-refractivity contribution in [3.05, 3.63) is 0 Å². The highest BCUT2D eigenvalue weighted by molar-refractivity contribution is 9.09. The van der Waals surface area contributed by atoms with Crippen LogP contribution in [0.3, 0.4) is 0 Å². The van der Waals surface area contributed by atoms with Crippen molar-refractivity contribution in [2.24, 2.45) is 5.41 Å². The second kappa shape index (κ2) is 5.27. The highest BCUT2D eigenvalue weighted by Crippen LogP contribution is 2.38. The van der Waals surface area contributed by atoms with Gasteiger partial charge in [-0.25, -0.2) is 0 Å². The zero-order valence-electron chi connectivity index (χ0n) is 10.6. The number of carbonyl (C=O) groups excluding carboxylic acids is 1. The molecule has 1 aliphatic heterocycles. The van der Waals surface area contributed by atoms with Gasteiger partial charge in [0.25, 0.3) is 0 Å². The summed E-state index contributed by atoms with van der Waals surface area (Å²) < 4.78 is 5.39. The van der Waals surface area contributed by atoms with E-state index in [1.807, 2.05) is 0 Å². The molecule has 0 unspecified atom stereocenters. The molecule has 2 fully saturated rings. The number of rotatable bonds is 3. The summed E-state index contributed by atoms with van der Waals surface area (Å²) >= 11 is 3.55. The summed E-state index contributed by atoms with van der Waals surface area (Å²) in [7, 11) is 0. The fourth-order valence-electron chi connectivity index (χ4n) is 2.83. The number of carbonyl (C=O) groups is 1. The molecular weight excluding hydrogens is 282 g/mol. The van der Waals surface area contributed by atoms with E-state index in [4.69, 9.17) is 4.74 Å². The van der Waals surface area contributed by atoms with Crippen LogP contribution in [0.5, 0.6) is 0 Å². The van der Waals surface area contributed by atoms with Crippen molar-refractivity contribution in [1.82, 2.24) is 5.32 Å². The average Bonchev–Trinajstić information content (AvgIpc) is 2.79. The van der Waals surface area contributed by atoms with Gasteiger partial charge in [-0.1, -0.05) is 35.7 Å². The van der Waals surface area contributed by atoms with Gasteiger partial charge in [-0.05, 0) is 25.7 Å². The minimum Gasteiger partial charge on any atom is -0.381 e. The van der Waals surface area contributed by atoms with Gasteiger partial charge >= 0.3 is 0 Å². The molecular formula is C13H22BrNO2. The highest BCUT2D eigenvalue weighted by Gasteiger charge is 2.41. The molecule has 0 atom stereocenters. The van der Waals surface area contributed by atoms with E-state index in [-0.39, 0.29) is 16.9 Å². The maximum absolute atomic E-state index is 12.4. The SMILES string of the molecule is CC1(C(=O)NC2(CBr)CCOCC2)CCCC1. The largest absolute Gasteiger partial charge is 0.381 e. The Bertz CT molecular complexity index is 281. The van der Waals surface area contributed by atoms with Crippen LogP contribution in [0.1, 0.15) is 45.4 Å². The smallest absolute Gasteiger partial charge is 0.226 e. The van der Waals surface area contributed by atoms with Crippen LogP contribution in [-0.2, 0) is 9.53 Å². The Balaban J connectivity index is 2.00. The number of hydrogen-bond acceptors (Lipinski definition) is 2. The zero-order chi connectivity index (χ0) is 12.4. The Morgan fingerprint density at radius 2 is 1.82 bits per heavy atom. The molecule has 0 spiro atoms.